The molecule has 0 saturated carbocycles. The zero-order valence-corrected chi connectivity index (χ0v) is 56.1. The van der Waals surface area contributed by atoms with Gasteiger partial charge in [-0.3, -0.25) is 29.4 Å². The summed E-state index contributed by atoms with van der Waals surface area (Å²) in [5, 5.41) is 0. The van der Waals surface area contributed by atoms with Crippen LogP contribution < -0.4 is 0 Å². The van der Waals surface area contributed by atoms with Crippen LogP contribution in [-0.2, 0) is 57.8 Å². The van der Waals surface area contributed by atoms with Crippen LogP contribution in [0, 0.1) is 0 Å². The molecule has 25 heteroatoms. The second kappa shape index (κ2) is 35.1. The highest BCUT2D eigenvalue weighted by atomic mass is 28.5. The van der Waals surface area contributed by atoms with Crippen molar-refractivity contribution in [2.45, 2.75) is 128 Å². The Morgan fingerprint density at radius 2 is 0.416 bits per heavy atom. The molecule has 0 N–H and O–H groups in total. The van der Waals surface area contributed by atoms with Crippen molar-refractivity contribution in [1.29, 1.82) is 0 Å². The average molecular weight is 1200 g/mol. The van der Waals surface area contributed by atoms with E-state index in [1.165, 1.54) is 0 Å². The third kappa shape index (κ3) is 25.7. The van der Waals surface area contributed by atoms with Crippen LogP contribution in [0.4, 0.5) is 0 Å². The fourth-order valence-corrected chi connectivity index (χ4v) is 43.7. The summed E-state index contributed by atoms with van der Waals surface area (Å²) in [6.45, 7) is 46.7. The molecule has 6 aliphatic rings. The number of hydrogen-bond donors (Lipinski definition) is 0. The molecule has 6 saturated heterocycles. The summed E-state index contributed by atoms with van der Waals surface area (Å²) in [5.74, 6) is 0. The molecular weight excluding hydrogens is 1090 g/mol. The third-order valence-electron chi connectivity index (χ3n) is 16.3. The van der Waals surface area contributed by atoms with Gasteiger partial charge in [0, 0.05) is 91.8 Å². The van der Waals surface area contributed by atoms with Gasteiger partial charge in [-0.1, -0.05) is 0 Å². The Morgan fingerprint density at radius 1 is 0.260 bits per heavy atom. The lowest BCUT2D eigenvalue weighted by Crippen LogP contribution is -2.64. The zero-order chi connectivity index (χ0) is 54.8. The SMILES string of the molecule is CCO[Si](C)(CCCN1CCOCC1)O[Si](C)(CCCN1CCOCC1)O[Si](C)(CCCN1CCOCC1)O[Si](C)(CCCN1CCOCC1)O[Si](C)(CCCN1CCOCC1)O[Si](C)(CCCN1CCOCC1)OCC. The van der Waals surface area contributed by atoms with Gasteiger partial charge in [-0.25, -0.2) is 0 Å². The minimum absolute atomic E-state index is 0.622. The van der Waals surface area contributed by atoms with Gasteiger partial charge < -0.3 is 57.8 Å². The minimum Gasteiger partial charge on any atom is -0.416 e. The normalized spacial score (nSPS) is 25.6. The van der Waals surface area contributed by atoms with Gasteiger partial charge in [0.05, 0.1) is 79.3 Å². The molecule has 6 atom stereocenters. The van der Waals surface area contributed by atoms with Gasteiger partial charge in [0.1, 0.15) is 0 Å². The molecular formula is C52H112N6O13Si6. The summed E-state index contributed by atoms with van der Waals surface area (Å²) in [6.07, 6.45) is 5.98. The Kier molecular flexibility index (Phi) is 30.4. The number of ether oxygens (including phenoxy) is 6. The quantitative estimate of drug-likeness (QED) is 0.0677. The van der Waals surface area contributed by atoms with Crippen LogP contribution >= 0.6 is 0 Å². The van der Waals surface area contributed by atoms with Gasteiger partial charge in [-0.05, 0) is 167 Å². The maximum absolute atomic E-state index is 8.17. The molecule has 19 nitrogen and oxygen atoms in total. The van der Waals surface area contributed by atoms with Gasteiger partial charge in [0.2, 0.25) is 0 Å². The molecule has 0 aromatic carbocycles. The second-order valence-electron chi connectivity index (χ2n) is 23.5. The molecule has 0 radical (unpaired) electrons. The van der Waals surface area contributed by atoms with Crippen molar-refractivity contribution in [2.75, 3.05) is 210 Å². The topological polar surface area (TPSA) is 139 Å². The molecule has 77 heavy (non-hydrogen) atoms. The molecule has 0 aromatic heterocycles. The summed E-state index contributed by atoms with van der Waals surface area (Å²) in [4.78, 5) is 15.3. The Bertz CT molecular complexity index is 1470. The maximum atomic E-state index is 8.17. The highest BCUT2D eigenvalue weighted by Gasteiger charge is 2.54. The average Bonchev–Trinajstić information content (AvgIpc) is 3.43. The van der Waals surface area contributed by atoms with E-state index in [4.69, 9.17) is 57.8 Å². The predicted molar refractivity (Wildman–Crippen MR) is 318 cm³/mol. The first-order valence-corrected chi connectivity index (χ1v) is 45.9. The van der Waals surface area contributed by atoms with E-state index in [0.717, 1.165) is 272 Å². The number of morpholine rings is 6. The van der Waals surface area contributed by atoms with E-state index >= 15 is 0 Å². The van der Waals surface area contributed by atoms with E-state index in [9.17, 15) is 0 Å². The Balaban J connectivity index is 1.32. The molecule has 0 aromatic rings. The minimum atomic E-state index is -3.13. The van der Waals surface area contributed by atoms with Gasteiger partial charge in [0.15, 0.2) is 0 Å². The number of hydrogen-bond acceptors (Lipinski definition) is 19. The molecule has 0 spiro atoms. The maximum Gasteiger partial charge on any atom is 0.326 e. The number of rotatable bonds is 38. The van der Waals surface area contributed by atoms with Gasteiger partial charge in [-0.15, -0.1) is 0 Å². The first kappa shape index (κ1) is 66.7. The van der Waals surface area contributed by atoms with Crippen molar-refractivity contribution in [3.63, 3.8) is 0 Å². The molecule has 6 rings (SSSR count). The zero-order valence-electron chi connectivity index (χ0n) is 50.1. The van der Waals surface area contributed by atoms with E-state index in [1.807, 2.05) is 0 Å². The van der Waals surface area contributed by atoms with Gasteiger partial charge in [0.25, 0.3) is 0 Å². The lowest BCUT2D eigenvalue weighted by Gasteiger charge is -2.47. The van der Waals surface area contributed by atoms with Crippen molar-refractivity contribution >= 4 is 51.4 Å². The smallest absolute Gasteiger partial charge is 0.326 e. The first-order valence-electron chi connectivity index (χ1n) is 30.7. The summed E-state index contributed by atoms with van der Waals surface area (Å²) < 4.78 is 88.2. The third-order valence-corrected chi connectivity index (χ3v) is 43.0. The van der Waals surface area contributed by atoms with Crippen LogP contribution in [0.25, 0.3) is 0 Å². The van der Waals surface area contributed by atoms with E-state index in [1.54, 1.807) is 0 Å². The highest BCUT2D eigenvalue weighted by Crippen LogP contribution is 2.37. The van der Waals surface area contributed by atoms with Crippen LogP contribution in [-0.4, -0.2) is 291 Å². The molecule has 0 aliphatic carbocycles. The Hall–Kier alpha value is 0.541. The lowest BCUT2D eigenvalue weighted by molar-refractivity contribution is 0.0374. The van der Waals surface area contributed by atoms with Crippen LogP contribution in [0.3, 0.4) is 0 Å². The monoisotopic (exact) mass is 1200 g/mol. The van der Waals surface area contributed by atoms with E-state index < -0.39 is 51.4 Å². The van der Waals surface area contributed by atoms with Crippen LogP contribution in [0.2, 0.25) is 75.5 Å². The van der Waals surface area contributed by atoms with Gasteiger partial charge >= 0.3 is 51.4 Å². The molecule has 6 heterocycles. The van der Waals surface area contributed by atoms with E-state index in [2.05, 4.69) is 82.5 Å². The molecule has 0 amide bonds. The van der Waals surface area contributed by atoms with Crippen LogP contribution in [0.15, 0.2) is 0 Å². The van der Waals surface area contributed by atoms with Crippen molar-refractivity contribution < 1.29 is 57.8 Å². The summed E-state index contributed by atoms with van der Waals surface area (Å²) in [7, 11) is -17.8. The Labute approximate surface area is 474 Å². The lowest BCUT2D eigenvalue weighted by atomic mass is 10.3. The van der Waals surface area contributed by atoms with Gasteiger partial charge in [-0.2, -0.15) is 0 Å². The standard InChI is InChI=1S/C52H112N6O13Si6/c1-9-65-72(3,47-11-17-53-23-35-59-36-24-53)67-74(5,49-13-19-55-27-39-61-40-28-55)69-76(7,51-15-21-57-31-43-63-44-32-57)71-77(8,52-16-22-58-33-45-64-46-34-58)70-75(6,50-14-20-56-29-41-62-42-30-56)68-73(4,66-10-2)48-12-18-54-25-37-60-38-26-54/h9-52H2,1-8H3. The first-order chi connectivity index (χ1) is 37.1. The summed E-state index contributed by atoms with van der Waals surface area (Å²) >= 11 is 0. The molecule has 6 fully saturated rings. The summed E-state index contributed by atoms with van der Waals surface area (Å²) in [5.41, 5.74) is 0. The van der Waals surface area contributed by atoms with Crippen molar-refractivity contribution in [2.24, 2.45) is 0 Å². The van der Waals surface area contributed by atoms with Crippen molar-refractivity contribution in [1.82, 2.24) is 29.4 Å². The summed E-state index contributed by atoms with van der Waals surface area (Å²) in [6, 6.07) is 5.28. The van der Waals surface area contributed by atoms with Crippen molar-refractivity contribution in [3.05, 3.63) is 0 Å². The van der Waals surface area contributed by atoms with E-state index in [-0.39, 0.29) is 0 Å². The fourth-order valence-electron chi connectivity index (χ4n) is 12.4. The van der Waals surface area contributed by atoms with E-state index in [0.29, 0.717) is 13.2 Å². The number of nitrogens with zero attached hydrogens (tertiary/aromatic N) is 6. The fraction of sp³-hybridized carbons (Fsp3) is 1.00. The van der Waals surface area contributed by atoms with Crippen molar-refractivity contribution in [3.8, 4) is 0 Å². The molecule has 0 bridgehead atoms. The second-order valence-corrected chi connectivity index (χ2v) is 44.8. The van der Waals surface area contributed by atoms with Crippen LogP contribution in [0.5, 0.6) is 0 Å². The Morgan fingerprint density at radius 3 is 0.584 bits per heavy atom. The highest BCUT2D eigenvalue weighted by molar-refractivity contribution is 6.91. The van der Waals surface area contributed by atoms with Crippen LogP contribution in [0.1, 0.15) is 52.4 Å². The predicted octanol–water partition coefficient (Wildman–Crippen LogP) is 5.91. The molecule has 6 unspecified atom stereocenters. The molecule has 452 valence electrons. The molecule has 6 aliphatic heterocycles. The largest absolute Gasteiger partial charge is 0.416 e.